The van der Waals surface area contributed by atoms with Crippen LogP contribution < -0.4 is 11.1 Å². The topological polar surface area (TPSA) is 72.9 Å². The van der Waals surface area contributed by atoms with Crippen molar-refractivity contribution in [2.24, 2.45) is 11.7 Å². The van der Waals surface area contributed by atoms with Crippen molar-refractivity contribution in [2.75, 3.05) is 6.54 Å². The molecule has 4 rings (SSSR count). The zero-order chi connectivity index (χ0) is 17.6. The Hall–Kier alpha value is -1.96. The molecule has 26 heavy (non-hydrogen) atoms. The molecule has 0 bridgehead atoms. The number of aryl methyl sites for hydroxylation is 1. The second-order valence-corrected chi connectivity index (χ2v) is 7.49. The van der Waals surface area contributed by atoms with Crippen molar-refractivity contribution in [3.8, 4) is 5.69 Å². The third-order valence-corrected chi connectivity index (χ3v) is 5.71. The fourth-order valence-corrected chi connectivity index (χ4v) is 4.11. The van der Waals surface area contributed by atoms with Crippen LogP contribution in [0, 0.1) is 18.7 Å². The maximum atomic E-state index is 13.2. The van der Waals surface area contributed by atoms with E-state index in [0.29, 0.717) is 17.3 Å². The maximum Gasteiger partial charge on any atom is 0.261 e. The first kappa shape index (κ1) is 18.8. The van der Waals surface area contributed by atoms with Crippen LogP contribution in [0.3, 0.4) is 0 Å². The highest BCUT2D eigenvalue weighted by atomic mass is 35.5. The highest BCUT2D eigenvalue weighted by Gasteiger charge is 2.31. The first-order chi connectivity index (χ1) is 12.1. The van der Waals surface area contributed by atoms with E-state index in [4.69, 9.17) is 5.73 Å². The Labute approximate surface area is 160 Å². The van der Waals surface area contributed by atoms with Crippen molar-refractivity contribution in [2.45, 2.75) is 25.8 Å². The highest BCUT2D eigenvalue weighted by molar-refractivity contribution is 7.20. The monoisotopic (exact) mass is 394 g/mol. The second kappa shape index (κ2) is 7.34. The molecule has 3 aromatic rings. The van der Waals surface area contributed by atoms with E-state index >= 15 is 0 Å². The quantitative estimate of drug-likeness (QED) is 0.696. The Balaban J connectivity index is 0.00000196. The van der Waals surface area contributed by atoms with Gasteiger partial charge in [0.05, 0.1) is 16.3 Å². The summed E-state index contributed by atoms with van der Waals surface area (Å²) in [6.45, 7) is 2.37. The van der Waals surface area contributed by atoms with Gasteiger partial charge in [0, 0.05) is 18.0 Å². The second-order valence-electron chi connectivity index (χ2n) is 6.46. The molecule has 5 nitrogen and oxygen atoms in total. The lowest BCUT2D eigenvalue weighted by atomic mass is 10.2. The van der Waals surface area contributed by atoms with E-state index < -0.39 is 0 Å². The fourth-order valence-electron chi connectivity index (χ4n) is 3.02. The number of nitrogens with two attached hydrogens (primary N) is 1. The largest absolute Gasteiger partial charge is 0.347 e. The van der Waals surface area contributed by atoms with E-state index in [9.17, 15) is 9.18 Å². The number of fused-ring (bicyclic) bond motifs is 1. The summed E-state index contributed by atoms with van der Waals surface area (Å²) in [5, 5.41) is 8.51. The van der Waals surface area contributed by atoms with Gasteiger partial charge in [0.1, 0.15) is 10.6 Å². The molecule has 1 amide bonds. The average molecular weight is 395 g/mol. The third kappa shape index (κ3) is 3.47. The number of nitrogens with one attached hydrogen (secondary N) is 1. The molecule has 0 radical (unpaired) electrons. The van der Waals surface area contributed by atoms with Crippen molar-refractivity contribution < 1.29 is 9.18 Å². The van der Waals surface area contributed by atoms with Gasteiger partial charge < -0.3 is 11.1 Å². The molecule has 2 heterocycles. The molecule has 2 aromatic heterocycles. The number of hydrogen-bond donors (Lipinski definition) is 2. The summed E-state index contributed by atoms with van der Waals surface area (Å²) in [5.74, 6) is 0.136. The summed E-state index contributed by atoms with van der Waals surface area (Å²) >= 11 is 1.39. The number of nitrogens with zero attached hydrogens (tertiary/aromatic N) is 2. The van der Waals surface area contributed by atoms with Crippen molar-refractivity contribution in [3.05, 3.63) is 46.7 Å². The standard InChI is InChI=1S/C18H19FN4OS.ClH/c1-10-14-8-16(17(24)21-15(9-20)11-2-3-11)25-18(14)23(22-10)13-6-4-12(19)5-7-13;/h4-8,11,15H,2-3,9,20H2,1H3,(H,21,24);1H. The third-order valence-electron chi connectivity index (χ3n) is 4.60. The molecule has 1 aliphatic carbocycles. The number of hydrogen-bond acceptors (Lipinski definition) is 4. The van der Waals surface area contributed by atoms with Gasteiger partial charge in [-0.2, -0.15) is 5.10 Å². The predicted octanol–water partition coefficient (Wildman–Crippen LogP) is 3.42. The lowest BCUT2D eigenvalue weighted by Crippen LogP contribution is -2.41. The van der Waals surface area contributed by atoms with E-state index in [1.54, 1.807) is 16.8 Å². The van der Waals surface area contributed by atoms with E-state index in [0.717, 1.165) is 34.4 Å². The van der Waals surface area contributed by atoms with Crippen LogP contribution in [-0.2, 0) is 0 Å². The summed E-state index contributed by atoms with van der Waals surface area (Å²) in [5.41, 5.74) is 7.39. The molecule has 0 aliphatic heterocycles. The number of carbonyl (C=O) groups is 1. The molecule has 1 fully saturated rings. The smallest absolute Gasteiger partial charge is 0.261 e. The number of carbonyl (C=O) groups excluding carboxylic acids is 1. The molecule has 3 N–H and O–H groups in total. The Morgan fingerprint density at radius 1 is 1.42 bits per heavy atom. The van der Waals surface area contributed by atoms with E-state index in [1.807, 2.05) is 13.0 Å². The van der Waals surface area contributed by atoms with Gasteiger partial charge in [0.15, 0.2) is 0 Å². The van der Waals surface area contributed by atoms with Gasteiger partial charge in [-0.15, -0.1) is 23.7 Å². The van der Waals surface area contributed by atoms with Crippen molar-refractivity contribution >= 4 is 39.9 Å². The molecule has 1 aliphatic rings. The molecular weight excluding hydrogens is 375 g/mol. The molecule has 1 atom stereocenters. The SMILES string of the molecule is Cc1nn(-c2ccc(F)cc2)c2sc(C(=O)NC(CN)C3CC3)cc12.Cl. The van der Waals surface area contributed by atoms with Gasteiger partial charge in [-0.05, 0) is 56.0 Å². The van der Waals surface area contributed by atoms with Crippen molar-refractivity contribution in [3.63, 3.8) is 0 Å². The van der Waals surface area contributed by atoms with Gasteiger partial charge >= 0.3 is 0 Å². The molecule has 8 heteroatoms. The number of amides is 1. The van der Waals surface area contributed by atoms with Gasteiger partial charge in [-0.3, -0.25) is 4.79 Å². The van der Waals surface area contributed by atoms with Crippen LogP contribution in [0.5, 0.6) is 0 Å². The zero-order valence-electron chi connectivity index (χ0n) is 14.2. The molecule has 0 saturated heterocycles. The number of rotatable bonds is 5. The highest BCUT2D eigenvalue weighted by Crippen LogP contribution is 2.33. The summed E-state index contributed by atoms with van der Waals surface area (Å²) < 4.78 is 14.9. The molecule has 138 valence electrons. The minimum atomic E-state index is -0.289. The normalized spacial score (nSPS) is 14.9. The molecule has 0 spiro atoms. The zero-order valence-corrected chi connectivity index (χ0v) is 15.9. The van der Waals surface area contributed by atoms with Gasteiger partial charge in [0.2, 0.25) is 0 Å². The lowest BCUT2D eigenvalue weighted by Gasteiger charge is -2.15. The molecule has 1 unspecified atom stereocenters. The molecule has 1 aromatic carbocycles. The van der Waals surface area contributed by atoms with Crippen LogP contribution in [0.2, 0.25) is 0 Å². The van der Waals surface area contributed by atoms with Gasteiger partial charge in [0.25, 0.3) is 5.91 Å². The predicted molar refractivity (Wildman–Crippen MR) is 104 cm³/mol. The maximum absolute atomic E-state index is 13.2. The lowest BCUT2D eigenvalue weighted by molar-refractivity contribution is 0.0937. The van der Waals surface area contributed by atoms with E-state index in [1.165, 1.54) is 23.5 Å². The van der Waals surface area contributed by atoms with Gasteiger partial charge in [-0.1, -0.05) is 0 Å². The van der Waals surface area contributed by atoms with Crippen LogP contribution >= 0.6 is 23.7 Å². The Bertz CT molecular complexity index is 933. The number of halogens is 2. The van der Waals surface area contributed by atoms with Crippen molar-refractivity contribution in [1.82, 2.24) is 15.1 Å². The minimum absolute atomic E-state index is 0. The summed E-state index contributed by atoms with van der Waals surface area (Å²) in [4.78, 5) is 14.1. The van der Waals surface area contributed by atoms with Crippen LogP contribution in [0.4, 0.5) is 4.39 Å². The Kier molecular flexibility index (Phi) is 5.32. The molecule has 1 saturated carbocycles. The number of aromatic nitrogens is 2. The summed E-state index contributed by atoms with van der Waals surface area (Å²) in [6.07, 6.45) is 2.26. The summed E-state index contributed by atoms with van der Waals surface area (Å²) in [7, 11) is 0. The Morgan fingerprint density at radius 3 is 2.73 bits per heavy atom. The van der Waals surface area contributed by atoms with Crippen molar-refractivity contribution in [1.29, 1.82) is 0 Å². The van der Waals surface area contributed by atoms with Crippen LogP contribution in [-0.4, -0.2) is 28.3 Å². The van der Waals surface area contributed by atoms with Crippen LogP contribution in [0.25, 0.3) is 15.9 Å². The molecular formula is C18H20ClFN4OS. The van der Waals surface area contributed by atoms with Crippen LogP contribution in [0.1, 0.15) is 28.2 Å². The first-order valence-corrected chi connectivity index (χ1v) is 9.14. The van der Waals surface area contributed by atoms with E-state index in [-0.39, 0.29) is 30.2 Å². The first-order valence-electron chi connectivity index (χ1n) is 8.33. The Morgan fingerprint density at radius 2 is 2.12 bits per heavy atom. The fraction of sp³-hybridized carbons (Fsp3) is 0.333. The van der Waals surface area contributed by atoms with Gasteiger partial charge in [-0.25, -0.2) is 9.07 Å². The minimum Gasteiger partial charge on any atom is -0.347 e. The summed E-state index contributed by atoms with van der Waals surface area (Å²) in [6, 6.07) is 8.09. The number of benzene rings is 1. The average Bonchev–Trinajstić information content (AvgIpc) is 3.27. The van der Waals surface area contributed by atoms with Crippen LogP contribution in [0.15, 0.2) is 30.3 Å². The van der Waals surface area contributed by atoms with E-state index in [2.05, 4.69) is 10.4 Å². The number of thiophene rings is 1.